The zero-order chi connectivity index (χ0) is 19.7. The largest absolute Gasteiger partial charge is 0.478 e. The Morgan fingerprint density at radius 2 is 1.96 bits per heavy atom. The molecule has 2 aromatic carbocycles. The molecule has 0 spiro atoms. The Morgan fingerprint density at radius 1 is 1.11 bits per heavy atom. The van der Waals surface area contributed by atoms with E-state index in [0.29, 0.717) is 33.8 Å². The predicted octanol–water partition coefficient (Wildman–Crippen LogP) is 4.93. The summed E-state index contributed by atoms with van der Waals surface area (Å²) < 4.78 is 13.4. The van der Waals surface area contributed by atoms with Crippen LogP contribution in [-0.4, -0.2) is 26.0 Å². The van der Waals surface area contributed by atoms with Crippen molar-refractivity contribution in [3.8, 4) is 11.4 Å². The van der Waals surface area contributed by atoms with E-state index < -0.39 is 11.8 Å². The van der Waals surface area contributed by atoms with Crippen LogP contribution < -0.4 is 5.32 Å². The van der Waals surface area contributed by atoms with Crippen molar-refractivity contribution in [3.63, 3.8) is 0 Å². The van der Waals surface area contributed by atoms with Crippen molar-refractivity contribution in [2.24, 2.45) is 0 Å². The van der Waals surface area contributed by atoms with Gasteiger partial charge in [-0.1, -0.05) is 11.6 Å². The van der Waals surface area contributed by atoms with Gasteiger partial charge in [-0.15, -0.1) is 0 Å². The van der Waals surface area contributed by atoms with Crippen LogP contribution in [0.1, 0.15) is 10.4 Å². The third-order valence-corrected chi connectivity index (χ3v) is 4.34. The molecule has 2 aromatic heterocycles. The molecule has 0 amide bonds. The maximum Gasteiger partial charge on any atom is 0.335 e. The summed E-state index contributed by atoms with van der Waals surface area (Å²) >= 11 is 5.86. The molecule has 0 fully saturated rings. The molecule has 8 heteroatoms. The van der Waals surface area contributed by atoms with Crippen LogP contribution in [0.3, 0.4) is 0 Å². The number of carboxylic acids is 1. The lowest BCUT2D eigenvalue weighted by molar-refractivity contribution is 0.0697. The van der Waals surface area contributed by atoms with Gasteiger partial charge in [0.1, 0.15) is 11.6 Å². The molecule has 0 saturated carbocycles. The minimum absolute atomic E-state index is 0.0241. The van der Waals surface area contributed by atoms with E-state index in [1.165, 1.54) is 30.3 Å². The molecule has 2 N–H and O–H groups in total. The van der Waals surface area contributed by atoms with E-state index in [-0.39, 0.29) is 10.6 Å². The molecule has 2 heterocycles. The highest BCUT2D eigenvalue weighted by Gasteiger charge is 2.13. The normalized spacial score (nSPS) is 10.8. The molecule has 4 rings (SSSR count). The van der Waals surface area contributed by atoms with Gasteiger partial charge < -0.3 is 10.4 Å². The summed E-state index contributed by atoms with van der Waals surface area (Å²) in [6, 6.07) is 12.3. The lowest BCUT2D eigenvalue weighted by Gasteiger charge is -2.12. The minimum atomic E-state index is -1.05. The van der Waals surface area contributed by atoms with Gasteiger partial charge in [-0.3, -0.25) is 4.98 Å². The zero-order valence-corrected chi connectivity index (χ0v) is 15.0. The number of fused-ring (bicyclic) bond motifs is 1. The number of nitrogens with zero attached hydrogens (tertiary/aromatic N) is 3. The Hall–Kier alpha value is -3.58. The van der Waals surface area contributed by atoms with Crippen molar-refractivity contribution in [1.29, 1.82) is 0 Å². The Morgan fingerprint density at radius 3 is 2.68 bits per heavy atom. The molecule has 0 bridgehead atoms. The SMILES string of the molecule is O=C(O)c1ccc2c(Nc3ccc(F)c(Cl)c3)nc(-c3cccnc3)nc2c1. The standard InChI is InChI=1S/C20H12ClFN4O2/c21-15-9-13(4-6-16(15)22)24-19-14-5-3-11(20(27)28)8-17(14)25-18(26-19)12-2-1-7-23-10-12/h1-10H,(H,27,28)(H,24,25,26). The summed E-state index contributed by atoms with van der Waals surface area (Å²) in [6.07, 6.45) is 3.24. The zero-order valence-electron chi connectivity index (χ0n) is 14.2. The van der Waals surface area contributed by atoms with Crippen LogP contribution in [0.2, 0.25) is 5.02 Å². The van der Waals surface area contributed by atoms with Gasteiger partial charge >= 0.3 is 5.97 Å². The van der Waals surface area contributed by atoms with Crippen molar-refractivity contribution in [2.45, 2.75) is 0 Å². The van der Waals surface area contributed by atoms with E-state index in [2.05, 4.69) is 20.3 Å². The summed E-state index contributed by atoms with van der Waals surface area (Å²) in [5.74, 6) is -0.771. The van der Waals surface area contributed by atoms with Gasteiger partial charge in [0, 0.05) is 29.0 Å². The second kappa shape index (κ2) is 7.21. The number of anilines is 2. The average molecular weight is 395 g/mol. The lowest BCUT2D eigenvalue weighted by atomic mass is 10.1. The van der Waals surface area contributed by atoms with Crippen molar-refractivity contribution >= 4 is 40.0 Å². The molecule has 0 aliphatic carbocycles. The van der Waals surface area contributed by atoms with Crippen molar-refractivity contribution in [3.05, 3.63) is 77.3 Å². The van der Waals surface area contributed by atoms with Crippen LogP contribution in [0.15, 0.2) is 60.9 Å². The van der Waals surface area contributed by atoms with Gasteiger partial charge in [0.2, 0.25) is 0 Å². The molecule has 0 aliphatic rings. The second-order valence-electron chi connectivity index (χ2n) is 5.93. The molecule has 0 radical (unpaired) electrons. The number of halogens is 2. The van der Waals surface area contributed by atoms with Gasteiger partial charge in [-0.25, -0.2) is 19.2 Å². The van der Waals surface area contributed by atoms with Crippen molar-refractivity contribution < 1.29 is 14.3 Å². The van der Waals surface area contributed by atoms with Gasteiger partial charge in [0.25, 0.3) is 0 Å². The highest BCUT2D eigenvalue weighted by atomic mass is 35.5. The Balaban J connectivity index is 1.89. The van der Waals surface area contributed by atoms with Gasteiger partial charge in [-0.2, -0.15) is 0 Å². The predicted molar refractivity (Wildman–Crippen MR) is 104 cm³/mol. The number of hydrogen-bond acceptors (Lipinski definition) is 5. The smallest absolute Gasteiger partial charge is 0.335 e. The topological polar surface area (TPSA) is 88.0 Å². The third-order valence-electron chi connectivity index (χ3n) is 4.05. The Labute approximate surface area is 163 Å². The molecule has 28 heavy (non-hydrogen) atoms. The number of pyridine rings is 1. The number of hydrogen-bond donors (Lipinski definition) is 2. The summed E-state index contributed by atoms with van der Waals surface area (Å²) in [4.78, 5) is 24.4. The van der Waals surface area contributed by atoms with Crippen molar-refractivity contribution in [2.75, 3.05) is 5.32 Å². The first kappa shape index (κ1) is 17.8. The maximum absolute atomic E-state index is 13.4. The van der Waals surface area contributed by atoms with E-state index in [1.54, 1.807) is 30.6 Å². The van der Waals surface area contributed by atoms with E-state index in [0.717, 1.165) is 0 Å². The summed E-state index contributed by atoms with van der Waals surface area (Å²) in [7, 11) is 0. The number of carbonyl (C=O) groups is 1. The fourth-order valence-electron chi connectivity index (χ4n) is 2.69. The number of aromatic carboxylic acids is 1. The molecule has 0 saturated heterocycles. The molecule has 138 valence electrons. The van der Waals surface area contributed by atoms with Gasteiger partial charge in [0.05, 0.1) is 16.1 Å². The van der Waals surface area contributed by atoms with E-state index >= 15 is 0 Å². The van der Waals surface area contributed by atoms with E-state index in [1.807, 2.05) is 0 Å². The van der Waals surface area contributed by atoms with Gasteiger partial charge in [-0.05, 0) is 48.5 Å². The molecule has 4 aromatic rings. The van der Waals surface area contributed by atoms with Crippen molar-refractivity contribution in [1.82, 2.24) is 15.0 Å². The fourth-order valence-corrected chi connectivity index (χ4v) is 2.87. The Kier molecular flexibility index (Phi) is 4.58. The minimum Gasteiger partial charge on any atom is -0.478 e. The van der Waals surface area contributed by atoms with Crippen LogP contribution >= 0.6 is 11.6 Å². The maximum atomic E-state index is 13.4. The monoisotopic (exact) mass is 394 g/mol. The summed E-state index contributed by atoms with van der Waals surface area (Å²) in [5, 5.41) is 13.0. The third kappa shape index (κ3) is 3.47. The highest BCUT2D eigenvalue weighted by molar-refractivity contribution is 6.31. The second-order valence-corrected chi connectivity index (χ2v) is 6.34. The quantitative estimate of drug-likeness (QED) is 0.510. The van der Waals surface area contributed by atoms with Crippen LogP contribution in [-0.2, 0) is 0 Å². The number of aromatic nitrogens is 3. The van der Waals surface area contributed by atoms with Gasteiger partial charge in [0.15, 0.2) is 5.82 Å². The first-order chi connectivity index (χ1) is 13.5. The van der Waals surface area contributed by atoms with Crippen LogP contribution in [0, 0.1) is 5.82 Å². The summed E-state index contributed by atoms with van der Waals surface area (Å²) in [6.45, 7) is 0. The number of rotatable bonds is 4. The first-order valence-electron chi connectivity index (χ1n) is 8.19. The lowest BCUT2D eigenvalue weighted by Crippen LogP contribution is -2.02. The van der Waals surface area contributed by atoms with E-state index in [9.17, 15) is 14.3 Å². The molecular weight excluding hydrogens is 383 g/mol. The van der Waals surface area contributed by atoms with Crippen LogP contribution in [0.25, 0.3) is 22.3 Å². The first-order valence-corrected chi connectivity index (χ1v) is 8.56. The number of carboxylic acid groups (broad SMARTS) is 1. The fraction of sp³-hybridized carbons (Fsp3) is 0. The van der Waals surface area contributed by atoms with Crippen LogP contribution in [0.4, 0.5) is 15.9 Å². The molecule has 6 nitrogen and oxygen atoms in total. The molecule has 0 atom stereocenters. The highest BCUT2D eigenvalue weighted by Crippen LogP contribution is 2.29. The molecular formula is C20H12ClFN4O2. The average Bonchev–Trinajstić information content (AvgIpc) is 2.71. The van der Waals surface area contributed by atoms with Crippen LogP contribution in [0.5, 0.6) is 0 Å². The van der Waals surface area contributed by atoms with E-state index in [4.69, 9.17) is 11.6 Å². The number of nitrogens with one attached hydrogen (secondary N) is 1. The Bertz CT molecular complexity index is 1200. The summed E-state index contributed by atoms with van der Waals surface area (Å²) in [5.41, 5.74) is 1.76. The molecule has 0 unspecified atom stereocenters. The number of benzene rings is 2. The molecule has 0 aliphatic heterocycles.